The zero-order chi connectivity index (χ0) is 28.4. The summed E-state index contributed by atoms with van der Waals surface area (Å²) in [6.45, 7) is 10.1. The number of hydrogen-bond donors (Lipinski definition) is 0. The van der Waals surface area contributed by atoms with E-state index in [9.17, 15) is 4.79 Å². The first-order chi connectivity index (χ1) is 19.2. The Morgan fingerprint density at radius 1 is 1.07 bits per heavy atom. The Bertz CT molecular complexity index is 1510. The van der Waals surface area contributed by atoms with E-state index in [4.69, 9.17) is 21.3 Å². The van der Waals surface area contributed by atoms with E-state index in [2.05, 4.69) is 50.8 Å². The molecule has 0 aromatic heterocycles. The van der Waals surface area contributed by atoms with E-state index < -0.39 is 0 Å². The van der Waals surface area contributed by atoms with E-state index in [0.717, 1.165) is 46.8 Å². The average Bonchev–Trinajstić information content (AvgIpc) is 3.21. The fourth-order valence-electron chi connectivity index (χ4n) is 5.26. The van der Waals surface area contributed by atoms with Crippen LogP contribution in [0.25, 0.3) is 11.6 Å². The van der Waals surface area contributed by atoms with E-state index in [0.29, 0.717) is 21.6 Å². The number of methoxy groups -OCH3 is 1. The van der Waals surface area contributed by atoms with Gasteiger partial charge < -0.3 is 9.64 Å². The molecule has 40 heavy (non-hydrogen) atoms. The van der Waals surface area contributed by atoms with Gasteiger partial charge in [0.1, 0.15) is 5.75 Å². The van der Waals surface area contributed by atoms with Crippen molar-refractivity contribution in [3.05, 3.63) is 99.4 Å². The van der Waals surface area contributed by atoms with E-state index in [1.165, 1.54) is 17.3 Å². The number of benzene rings is 3. The van der Waals surface area contributed by atoms with Crippen molar-refractivity contribution < 1.29 is 9.53 Å². The van der Waals surface area contributed by atoms with Crippen LogP contribution in [0.2, 0.25) is 5.02 Å². The van der Waals surface area contributed by atoms with Crippen molar-refractivity contribution in [3.8, 4) is 5.75 Å². The predicted molar refractivity (Wildman–Crippen MR) is 169 cm³/mol. The molecule has 2 aliphatic heterocycles. The van der Waals surface area contributed by atoms with Crippen LogP contribution in [0.1, 0.15) is 50.8 Å². The zero-order valence-corrected chi connectivity index (χ0v) is 25.1. The Kier molecular flexibility index (Phi) is 8.11. The van der Waals surface area contributed by atoms with Crippen molar-refractivity contribution >= 4 is 57.5 Å². The second kappa shape index (κ2) is 11.6. The van der Waals surface area contributed by atoms with Crippen molar-refractivity contribution in [2.24, 2.45) is 4.99 Å². The van der Waals surface area contributed by atoms with Gasteiger partial charge in [0, 0.05) is 22.8 Å². The zero-order valence-electron chi connectivity index (χ0n) is 23.6. The van der Waals surface area contributed by atoms with Gasteiger partial charge in [0.15, 0.2) is 5.17 Å². The maximum atomic E-state index is 13.8. The molecule has 2 aliphatic rings. The minimum Gasteiger partial charge on any atom is -0.497 e. The van der Waals surface area contributed by atoms with Gasteiger partial charge in [-0.2, -0.15) is 0 Å². The summed E-state index contributed by atoms with van der Waals surface area (Å²) in [5.74, 6) is 0.683. The third kappa shape index (κ3) is 5.70. The molecule has 0 bridgehead atoms. The summed E-state index contributed by atoms with van der Waals surface area (Å²) < 4.78 is 5.30. The summed E-state index contributed by atoms with van der Waals surface area (Å²) >= 11 is 8.27. The summed E-state index contributed by atoms with van der Waals surface area (Å²) in [5, 5.41) is 1.26. The lowest BCUT2D eigenvalue weighted by Crippen LogP contribution is -2.45. The molecule has 0 saturated carbocycles. The summed E-state index contributed by atoms with van der Waals surface area (Å²) in [7, 11) is 1.64. The Morgan fingerprint density at radius 3 is 2.48 bits per heavy atom. The number of hydrogen-bond acceptors (Lipinski definition) is 5. The van der Waals surface area contributed by atoms with Crippen LogP contribution in [0.4, 0.5) is 11.4 Å². The molecule has 0 aliphatic carbocycles. The highest BCUT2D eigenvalue weighted by Gasteiger charge is 2.35. The molecule has 0 N–H and O–H groups in total. The minimum atomic E-state index is -0.0988. The SMILES string of the molecule is CCCN1c2cc(Cl)c(/C=C3/SC(=Nc4ccccc4)N(Cc4ccc(OC)cc4)C3=O)cc2C(C)=CC1(C)C. The van der Waals surface area contributed by atoms with Gasteiger partial charge in [-0.15, -0.1) is 0 Å². The Balaban J connectivity index is 1.53. The van der Waals surface area contributed by atoms with Crippen molar-refractivity contribution in [2.75, 3.05) is 18.6 Å². The number of para-hydroxylation sites is 1. The van der Waals surface area contributed by atoms with Gasteiger partial charge in [-0.25, -0.2) is 4.99 Å². The monoisotopic (exact) mass is 571 g/mol. The highest BCUT2D eigenvalue weighted by atomic mass is 35.5. The van der Waals surface area contributed by atoms with E-state index >= 15 is 0 Å². The van der Waals surface area contributed by atoms with Crippen LogP contribution in [0, 0.1) is 0 Å². The van der Waals surface area contributed by atoms with Gasteiger partial charge in [-0.1, -0.05) is 54.9 Å². The van der Waals surface area contributed by atoms with Gasteiger partial charge in [0.2, 0.25) is 0 Å². The fourth-order valence-corrected chi connectivity index (χ4v) is 6.46. The molecule has 0 unspecified atom stereocenters. The maximum absolute atomic E-state index is 13.8. The first-order valence-electron chi connectivity index (χ1n) is 13.5. The third-order valence-corrected chi connectivity index (χ3v) is 8.53. The number of fused-ring (bicyclic) bond motifs is 1. The quantitative estimate of drug-likeness (QED) is 0.266. The molecule has 5 rings (SSSR count). The normalized spacial score (nSPS) is 18.4. The maximum Gasteiger partial charge on any atom is 0.267 e. The molecule has 0 spiro atoms. The van der Waals surface area contributed by atoms with Gasteiger partial charge in [0.25, 0.3) is 5.91 Å². The van der Waals surface area contributed by atoms with Crippen molar-refractivity contribution in [2.45, 2.75) is 46.2 Å². The molecule has 206 valence electrons. The molecule has 3 aromatic carbocycles. The molecule has 2 heterocycles. The Labute approximate surface area is 246 Å². The van der Waals surface area contributed by atoms with Crippen molar-refractivity contribution in [1.29, 1.82) is 0 Å². The van der Waals surface area contributed by atoms with Crippen LogP contribution >= 0.6 is 23.4 Å². The van der Waals surface area contributed by atoms with Crippen LogP contribution in [0.5, 0.6) is 5.75 Å². The molecule has 1 amide bonds. The number of aliphatic imine (C=N–C) groups is 1. The first kappa shape index (κ1) is 28.1. The van der Waals surface area contributed by atoms with Gasteiger partial charge >= 0.3 is 0 Å². The number of carbonyl (C=O) groups is 1. The number of amides is 1. The van der Waals surface area contributed by atoms with Crippen LogP contribution in [0.3, 0.4) is 0 Å². The molecule has 0 atom stereocenters. The summed E-state index contributed by atoms with van der Waals surface area (Å²) in [6.07, 6.45) is 5.26. The van der Waals surface area contributed by atoms with Crippen molar-refractivity contribution in [1.82, 2.24) is 4.90 Å². The summed E-state index contributed by atoms with van der Waals surface area (Å²) in [4.78, 5) is 23.4. The molecule has 3 aromatic rings. The number of allylic oxidation sites excluding steroid dienone is 1. The molecular weight excluding hydrogens is 538 g/mol. The van der Waals surface area contributed by atoms with E-state index in [1.807, 2.05) is 60.7 Å². The summed E-state index contributed by atoms with van der Waals surface area (Å²) in [5.41, 5.74) is 6.00. The van der Waals surface area contributed by atoms with Gasteiger partial charge in [-0.3, -0.25) is 9.69 Å². The average molecular weight is 572 g/mol. The number of thioether (sulfide) groups is 1. The van der Waals surface area contributed by atoms with E-state index in [1.54, 1.807) is 12.0 Å². The molecule has 1 fully saturated rings. The Hall–Kier alpha value is -3.48. The number of halogens is 1. The third-order valence-electron chi connectivity index (χ3n) is 7.20. The number of amidine groups is 1. The van der Waals surface area contributed by atoms with Gasteiger partial charge in [-0.05, 0) is 98.1 Å². The largest absolute Gasteiger partial charge is 0.497 e. The van der Waals surface area contributed by atoms with Crippen LogP contribution in [-0.4, -0.2) is 35.2 Å². The first-order valence-corrected chi connectivity index (χ1v) is 14.7. The minimum absolute atomic E-state index is 0.0923. The van der Waals surface area contributed by atoms with Crippen LogP contribution in [-0.2, 0) is 11.3 Å². The lowest BCUT2D eigenvalue weighted by atomic mass is 9.87. The molecular formula is C33H34ClN3O2S. The molecule has 0 radical (unpaired) electrons. The lowest BCUT2D eigenvalue weighted by molar-refractivity contribution is -0.122. The molecule has 1 saturated heterocycles. The Morgan fingerprint density at radius 2 is 1.80 bits per heavy atom. The number of nitrogens with zero attached hydrogens (tertiary/aromatic N) is 3. The van der Waals surface area contributed by atoms with E-state index in [-0.39, 0.29) is 11.4 Å². The molecule has 7 heteroatoms. The second-order valence-corrected chi connectivity index (χ2v) is 12.0. The van der Waals surface area contributed by atoms with Crippen LogP contribution < -0.4 is 9.64 Å². The topological polar surface area (TPSA) is 45.1 Å². The molecule has 5 nitrogen and oxygen atoms in total. The van der Waals surface area contributed by atoms with Crippen molar-refractivity contribution in [3.63, 3.8) is 0 Å². The summed E-state index contributed by atoms with van der Waals surface area (Å²) in [6, 6.07) is 21.6. The highest BCUT2D eigenvalue weighted by Crippen LogP contribution is 2.43. The standard InChI is InChI=1S/C33H34ClN3O2S/c1-6-16-37-29-19-28(34)24(17-27(29)22(2)20-33(37,3)4)18-30-31(38)36(21-23-12-14-26(39-5)15-13-23)32(40-30)35-25-10-8-7-9-11-25/h7-15,17-20H,6,16,21H2,1-5H3/b30-18+,35-32?. The smallest absolute Gasteiger partial charge is 0.267 e. The number of anilines is 1. The number of ether oxygens (including phenoxy) is 1. The van der Waals surface area contributed by atoms with Crippen LogP contribution in [0.15, 0.2) is 82.7 Å². The number of carbonyl (C=O) groups excluding carboxylic acids is 1. The lowest BCUT2D eigenvalue weighted by Gasteiger charge is -2.43. The highest BCUT2D eigenvalue weighted by molar-refractivity contribution is 8.18. The second-order valence-electron chi connectivity index (χ2n) is 10.6. The number of rotatable bonds is 7. The fraction of sp³-hybridized carbons (Fsp3) is 0.273. The predicted octanol–water partition coefficient (Wildman–Crippen LogP) is 8.56. The van der Waals surface area contributed by atoms with Gasteiger partial charge in [0.05, 0.1) is 29.8 Å².